The number of aromatic hydroxyl groups is 1. The largest absolute Gasteiger partial charge is 0.508 e. The molecule has 0 spiro atoms. The van der Waals surface area contributed by atoms with Gasteiger partial charge in [-0.2, -0.15) is 0 Å². The highest BCUT2D eigenvalue weighted by Crippen LogP contribution is 2.16. The second-order valence-electron chi connectivity index (χ2n) is 4.17. The fraction of sp³-hybridized carbons (Fsp3) is 0.231. The van der Waals surface area contributed by atoms with Crippen molar-refractivity contribution in [1.82, 2.24) is 15.3 Å². The molecule has 0 radical (unpaired) electrons. The first-order valence-corrected chi connectivity index (χ1v) is 5.67. The molecule has 1 amide bonds. The Morgan fingerprint density at radius 3 is 2.89 bits per heavy atom. The molecule has 5 nitrogen and oxygen atoms in total. The summed E-state index contributed by atoms with van der Waals surface area (Å²) in [6, 6.07) is 4.47. The lowest BCUT2D eigenvalue weighted by molar-refractivity contribution is 0.0938. The summed E-state index contributed by atoms with van der Waals surface area (Å²) in [5.41, 5.74) is 1.28. The molecule has 18 heavy (non-hydrogen) atoms. The van der Waals surface area contributed by atoms with Crippen molar-refractivity contribution in [2.24, 2.45) is 0 Å². The van der Waals surface area contributed by atoms with Gasteiger partial charge in [0.25, 0.3) is 5.91 Å². The Hall–Kier alpha value is -2.30. The standard InChI is InChI=1S/C13H15N3O2/c1-8-7-10(17)3-4-11(8)13(18)16-9(2)12-14-5-6-15-12/h3-7,9,17H,1-2H3,(H,14,15)(H,16,18). The minimum atomic E-state index is -0.194. The smallest absolute Gasteiger partial charge is 0.252 e. The topological polar surface area (TPSA) is 78.0 Å². The van der Waals surface area contributed by atoms with Crippen LogP contribution in [0, 0.1) is 6.92 Å². The number of H-pyrrole nitrogens is 1. The van der Waals surface area contributed by atoms with Crippen LogP contribution in [0.3, 0.4) is 0 Å². The molecule has 1 aromatic heterocycles. The monoisotopic (exact) mass is 245 g/mol. The van der Waals surface area contributed by atoms with E-state index < -0.39 is 0 Å². The van der Waals surface area contributed by atoms with Crippen molar-refractivity contribution >= 4 is 5.91 Å². The zero-order chi connectivity index (χ0) is 13.1. The van der Waals surface area contributed by atoms with Gasteiger partial charge in [-0.3, -0.25) is 4.79 Å². The highest BCUT2D eigenvalue weighted by Gasteiger charge is 2.14. The number of nitrogens with one attached hydrogen (secondary N) is 2. The molecule has 1 unspecified atom stereocenters. The van der Waals surface area contributed by atoms with Crippen molar-refractivity contribution in [2.45, 2.75) is 19.9 Å². The molecule has 0 aliphatic carbocycles. The van der Waals surface area contributed by atoms with Crippen LogP contribution in [0.15, 0.2) is 30.6 Å². The van der Waals surface area contributed by atoms with Crippen LogP contribution >= 0.6 is 0 Å². The Labute approximate surface area is 105 Å². The molecule has 1 atom stereocenters. The number of nitrogens with zero attached hydrogens (tertiary/aromatic N) is 1. The molecule has 5 heteroatoms. The molecule has 0 aliphatic rings. The van der Waals surface area contributed by atoms with Gasteiger partial charge in [0.15, 0.2) is 0 Å². The maximum absolute atomic E-state index is 12.0. The molecule has 2 rings (SSSR count). The van der Waals surface area contributed by atoms with Gasteiger partial charge in [0.1, 0.15) is 11.6 Å². The maximum atomic E-state index is 12.0. The summed E-state index contributed by atoms with van der Waals surface area (Å²) in [7, 11) is 0. The van der Waals surface area contributed by atoms with Crippen molar-refractivity contribution < 1.29 is 9.90 Å². The number of benzene rings is 1. The highest BCUT2D eigenvalue weighted by atomic mass is 16.3. The number of aromatic amines is 1. The fourth-order valence-electron chi connectivity index (χ4n) is 1.76. The number of amides is 1. The number of hydrogen-bond acceptors (Lipinski definition) is 3. The number of aryl methyl sites for hydroxylation is 1. The van der Waals surface area contributed by atoms with Crippen molar-refractivity contribution in [3.05, 3.63) is 47.5 Å². The Balaban J connectivity index is 2.12. The van der Waals surface area contributed by atoms with E-state index in [0.717, 1.165) is 5.56 Å². The molecule has 0 aliphatic heterocycles. The van der Waals surface area contributed by atoms with Crippen molar-refractivity contribution in [3.8, 4) is 5.75 Å². The van der Waals surface area contributed by atoms with Gasteiger partial charge >= 0.3 is 0 Å². The summed E-state index contributed by atoms with van der Waals surface area (Å²) in [5, 5.41) is 12.1. The van der Waals surface area contributed by atoms with E-state index >= 15 is 0 Å². The number of carbonyl (C=O) groups excluding carboxylic acids is 1. The number of imidazole rings is 1. The quantitative estimate of drug-likeness (QED) is 0.773. The zero-order valence-corrected chi connectivity index (χ0v) is 10.3. The molecular weight excluding hydrogens is 230 g/mol. The van der Waals surface area contributed by atoms with E-state index in [1.807, 2.05) is 6.92 Å². The van der Waals surface area contributed by atoms with Gasteiger partial charge in [-0.1, -0.05) is 0 Å². The molecule has 0 saturated heterocycles. The maximum Gasteiger partial charge on any atom is 0.252 e. The minimum Gasteiger partial charge on any atom is -0.508 e. The molecule has 1 heterocycles. The predicted molar refractivity (Wildman–Crippen MR) is 67.3 cm³/mol. The van der Waals surface area contributed by atoms with Crippen molar-refractivity contribution in [3.63, 3.8) is 0 Å². The van der Waals surface area contributed by atoms with E-state index in [1.54, 1.807) is 31.5 Å². The summed E-state index contributed by atoms with van der Waals surface area (Å²) in [6.07, 6.45) is 3.35. The van der Waals surface area contributed by atoms with E-state index in [0.29, 0.717) is 11.4 Å². The summed E-state index contributed by atoms with van der Waals surface area (Å²) >= 11 is 0. The van der Waals surface area contributed by atoms with Gasteiger partial charge in [-0.15, -0.1) is 0 Å². The lowest BCUT2D eigenvalue weighted by Crippen LogP contribution is -2.27. The van der Waals surface area contributed by atoms with Gasteiger partial charge < -0.3 is 15.4 Å². The average Bonchev–Trinajstić information content (AvgIpc) is 2.81. The normalized spacial score (nSPS) is 12.1. The number of carbonyl (C=O) groups is 1. The van der Waals surface area contributed by atoms with E-state index in [9.17, 15) is 9.90 Å². The Morgan fingerprint density at radius 2 is 2.28 bits per heavy atom. The molecular formula is C13H15N3O2. The van der Waals surface area contributed by atoms with Crippen LogP contribution in [0.5, 0.6) is 5.75 Å². The van der Waals surface area contributed by atoms with Gasteiger partial charge in [0, 0.05) is 18.0 Å². The molecule has 2 aromatic rings. The summed E-state index contributed by atoms with van der Waals surface area (Å²) in [4.78, 5) is 19.1. The SMILES string of the molecule is Cc1cc(O)ccc1C(=O)NC(C)c1ncc[nH]1. The molecule has 0 saturated carbocycles. The third-order valence-corrected chi connectivity index (χ3v) is 2.73. The number of hydrogen-bond donors (Lipinski definition) is 3. The summed E-state index contributed by atoms with van der Waals surface area (Å²) in [5.74, 6) is 0.680. The van der Waals surface area contributed by atoms with E-state index in [1.165, 1.54) is 6.07 Å². The predicted octanol–water partition coefficient (Wildman–Crippen LogP) is 1.91. The zero-order valence-electron chi connectivity index (χ0n) is 10.3. The Kier molecular flexibility index (Phi) is 3.32. The first kappa shape index (κ1) is 12.2. The van der Waals surface area contributed by atoms with Crippen LogP contribution < -0.4 is 5.32 Å². The lowest BCUT2D eigenvalue weighted by Gasteiger charge is -2.13. The van der Waals surface area contributed by atoms with Crippen molar-refractivity contribution in [2.75, 3.05) is 0 Å². The molecule has 94 valence electrons. The van der Waals surface area contributed by atoms with Gasteiger partial charge in [0.2, 0.25) is 0 Å². The Bertz CT molecular complexity index is 549. The average molecular weight is 245 g/mol. The number of phenolic OH excluding ortho intramolecular Hbond substituents is 1. The van der Waals surface area contributed by atoms with E-state index in [4.69, 9.17) is 0 Å². The van der Waals surface area contributed by atoms with Crippen LogP contribution in [-0.4, -0.2) is 21.0 Å². The van der Waals surface area contributed by atoms with Crippen molar-refractivity contribution in [1.29, 1.82) is 0 Å². The molecule has 1 aromatic carbocycles. The van der Waals surface area contributed by atoms with Crippen LogP contribution in [0.4, 0.5) is 0 Å². The van der Waals surface area contributed by atoms with Gasteiger partial charge in [-0.05, 0) is 37.6 Å². The van der Waals surface area contributed by atoms with Crippen LogP contribution in [0.25, 0.3) is 0 Å². The fourth-order valence-corrected chi connectivity index (χ4v) is 1.76. The second-order valence-corrected chi connectivity index (χ2v) is 4.17. The number of phenols is 1. The molecule has 3 N–H and O–H groups in total. The first-order chi connectivity index (χ1) is 8.58. The minimum absolute atomic E-state index is 0.156. The molecule has 0 bridgehead atoms. The van der Waals surface area contributed by atoms with Crippen LogP contribution in [-0.2, 0) is 0 Å². The van der Waals surface area contributed by atoms with Gasteiger partial charge in [0.05, 0.1) is 6.04 Å². The summed E-state index contributed by atoms with van der Waals surface area (Å²) in [6.45, 7) is 3.64. The third-order valence-electron chi connectivity index (χ3n) is 2.73. The summed E-state index contributed by atoms with van der Waals surface area (Å²) < 4.78 is 0. The molecule has 0 fully saturated rings. The second kappa shape index (κ2) is 4.91. The van der Waals surface area contributed by atoms with Crippen LogP contribution in [0.2, 0.25) is 0 Å². The number of aromatic nitrogens is 2. The Morgan fingerprint density at radius 1 is 1.50 bits per heavy atom. The van der Waals surface area contributed by atoms with Gasteiger partial charge in [-0.25, -0.2) is 4.98 Å². The number of rotatable bonds is 3. The highest BCUT2D eigenvalue weighted by molar-refractivity contribution is 5.95. The lowest BCUT2D eigenvalue weighted by atomic mass is 10.1. The third kappa shape index (κ3) is 2.51. The van der Waals surface area contributed by atoms with Crippen LogP contribution in [0.1, 0.15) is 34.7 Å². The van der Waals surface area contributed by atoms with E-state index in [2.05, 4.69) is 15.3 Å². The van der Waals surface area contributed by atoms with E-state index in [-0.39, 0.29) is 17.7 Å². The first-order valence-electron chi connectivity index (χ1n) is 5.67.